The van der Waals surface area contributed by atoms with Crippen LogP contribution in [0.25, 0.3) is 0 Å². The van der Waals surface area contributed by atoms with Crippen LogP contribution in [-0.2, 0) is 11.3 Å². The van der Waals surface area contributed by atoms with Gasteiger partial charge < -0.3 is 9.84 Å². The van der Waals surface area contributed by atoms with Gasteiger partial charge in [-0.1, -0.05) is 32.4 Å². The first-order chi connectivity index (χ1) is 7.38. The van der Waals surface area contributed by atoms with Crippen molar-refractivity contribution in [2.24, 2.45) is 5.41 Å². The number of aromatic nitrogens is 2. The summed E-state index contributed by atoms with van der Waals surface area (Å²) in [5.41, 5.74) is 0.389. The van der Waals surface area contributed by atoms with Crippen LogP contribution in [0.4, 0.5) is 0 Å². The summed E-state index contributed by atoms with van der Waals surface area (Å²) in [7, 11) is 1.63. The molecule has 0 aromatic carbocycles. The lowest BCUT2D eigenvalue weighted by atomic mass is 9.87. The quantitative estimate of drug-likeness (QED) is 0.887. The average molecular weight is 247 g/mol. The minimum atomic E-state index is -0.639. The van der Waals surface area contributed by atoms with Gasteiger partial charge in [0.05, 0.1) is 30.1 Å². The second-order valence-electron chi connectivity index (χ2n) is 4.86. The number of methoxy groups -OCH3 is 1. The van der Waals surface area contributed by atoms with Crippen LogP contribution in [0.2, 0.25) is 5.02 Å². The van der Waals surface area contributed by atoms with Crippen molar-refractivity contribution in [3.05, 3.63) is 16.9 Å². The Bertz CT molecular complexity index is 344. The van der Waals surface area contributed by atoms with Gasteiger partial charge in [-0.3, -0.25) is 4.68 Å². The first-order valence-electron chi connectivity index (χ1n) is 5.26. The van der Waals surface area contributed by atoms with Gasteiger partial charge >= 0.3 is 0 Å². The highest BCUT2D eigenvalue weighted by atomic mass is 35.5. The molecular formula is C11H19ClN2O2. The molecule has 1 rings (SSSR count). The molecule has 0 spiro atoms. The van der Waals surface area contributed by atoms with Gasteiger partial charge in [0.15, 0.2) is 0 Å². The summed E-state index contributed by atoms with van der Waals surface area (Å²) in [4.78, 5) is 0. The van der Waals surface area contributed by atoms with Crippen molar-refractivity contribution >= 4 is 11.6 Å². The van der Waals surface area contributed by atoms with E-state index in [1.165, 1.54) is 0 Å². The Hall–Kier alpha value is -0.580. The van der Waals surface area contributed by atoms with Gasteiger partial charge in [-0.15, -0.1) is 0 Å². The SMILES string of the molecule is COCCn1ncc(Cl)c1C(O)C(C)(C)C. The fourth-order valence-electron chi connectivity index (χ4n) is 1.41. The van der Waals surface area contributed by atoms with Gasteiger partial charge in [-0.25, -0.2) is 0 Å². The van der Waals surface area contributed by atoms with E-state index in [4.69, 9.17) is 16.3 Å². The maximum absolute atomic E-state index is 10.2. The molecule has 5 heteroatoms. The monoisotopic (exact) mass is 246 g/mol. The van der Waals surface area contributed by atoms with Gasteiger partial charge in [-0.2, -0.15) is 5.10 Å². The molecule has 0 fully saturated rings. The highest BCUT2D eigenvalue weighted by Gasteiger charge is 2.29. The summed E-state index contributed by atoms with van der Waals surface area (Å²) in [5, 5.41) is 14.9. The van der Waals surface area contributed by atoms with E-state index in [1.807, 2.05) is 20.8 Å². The zero-order valence-corrected chi connectivity index (χ0v) is 11.0. The Labute approximate surface area is 101 Å². The van der Waals surface area contributed by atoms with Crippen LogP contribution in [0, 0.1) is 5.41 Å². The van der Waals surface area contributed by atoms with Gasteiger partial charge in [0.25, 0.3) is 0 Å². The van der Waals surface area contributed by atoms with E-state index in [2.05, 4.69) is 5.10 Å². The van der Waals surface area contributed by atoms with Crippen LogP contribution in [0.3, 0.4) is 0 Å². The Morgan fingerprint density at radius 2 is 2.19 bits per heavy atom. The van der Waals surface area contributed by atoms with E-state index in [9.17, 15) is 5.11 Å². The molecule has 1 aromatic rings. The van der Waals surface area contributed by atoms with Crippen LogP contribution >= 0.6 is 11.6 Å². The molecular weight excluding hydrogens is 228 g/mol. The predicted molar refractivity (Wildman–Crippen MR) is 63.5 cm³/mol. The number of aliphatic hydroxyl groups is 1. The Morgan fingerprint density at radius 3 is 2.69 bits per heavy atom. The molecule has 4 nitrogen and oxygen atoms in total. The number of halogens is 1. The molecule has 0 amide bonds. The molecule has 0 aliphatic carbocycles. The zero-order valence-electron chi connectivity index (χ0n) is 10.2. The largest absolute Gasteiger partial charge is 0.386 e. The lowest BCUT2D eigenvalue weighted by molar-refractivity contribution is 0.0530. The molecule has 0 aliphatic rings. The molecule has 1 N–H and O–H groups in total. The maximum Gasteiger partial charge on any atom is 0.102 e. The molecule has 16 heavy (non-hydrogen) atoms. The molecule has 92 valence electrons. The first-order valence-corrected chi connectivity index (χ1v) is 5.64. The molecule has 1 aromatic heterocycles. The van der Waals surface area contributed by atoms with Crippen molar-refractivity contribution in [3.8, 4) is 0 Å². The fourth-order valence-corrected chi connectivity index (χ4v) is 1.65. The van der Waals surface area contributed by atoms with Gasteiger partial charge in [0, 0.05) is 7.11 Å². The standard InChI is InChI=1S/C11H19ClN2O2/c1-11(2,3)10(15)9-8(12)7-13-14(9)5-6-16-4/h7,10,15H,5-6H2,1-4H3. The van der Waals surface area contributed by atoms with Crippen molar-refractivity contribution in [1.29, 1.82) is 0 Å². The van der Waals surface area contributed by atoms with Gasteiger partial charge in [-0.05, 0) is 5.41 Å². The number of hydrogen-bond donors (Lipinski definition) is 1. The van der Waals surface area contributed by atoms with Crippen molar-refractivity contribution < 1.29 is 9.84 Å². The number of rotatable bonds is 4. The summed E-state index contributed by atoms with van der Waals surface area (Å²) >= 11 is 6.04. The third-order valence-corrected chi connectivity index (χ3v) is 2.71. The summed E-state index contributed by atoms with van der Waals surface area (Å²) < 4.78 is 6.69. The van der Waals surface area contributed by atoms with Crippen LogP contribution in [0.15, 0.2) is 6.20 Å². The Morgan fingerprint density at radius 1 is 1.56 bits per heavy atom. The lowest BCUT2D eigenvalue weighted by Gasteiger charge is -2.26. The predicted octanol–water partition coefficient (Wildman–Crippen LogP) is 2.26. The maximum atomic E-state index is 10.2. The van der Waals surface area contributed by atoms with Crippen molar-refractivity contribution in [2.45, 2.75) is 33.4 Å². The molecule has 0 saturated carbocycles. The number of hydrogen-bond acceptors (Lipinski definition) is 3. The third-order valence-electron chi connectivity index (χ3n) is 2.42. The summed E-state index contributed by atoms with van der Waals surface area (Å²) in [5.74, 6) is 0. The van der Waals surface area contributed by atoms with Crippen LogP contribution in [-0.4, -0.2) is 28.6 Å². The molecule has 1 heterocycles. The third kappa shape index (κ3) is 2.97. The second kappa shape index (κ2) is 5.17. The number of ether oxygens (including phenoxy) is 1. The number of aliphatic hydroxyl groups excluding tert-OH is 1. The normalized spacial score (nSPS) is 14.1. The minimum absolute atomic E-state index is 0.269. The molecule has 0 radical (unpaired) electrons. The van der Waals surface area contributed by atoms with Gasteiger partial charge in [0.1, 0.15) is 6.10 Å². The second-order valence-corrected chi connectivity index (χ2v) is 5.27. The molecule has 0 aliphatic heterocycles. The summed E-state index contributed by atoms with van der Waals surface area (Å²) in [6, 6.07) is 0. The first kappa shape index (κ1) is 13.5. The molecule has 1 atom stereocenters. The van der Waals surface area contributed by atoms with E-state index in [1.54, 1.807) is 18.0 Å². The van der Waals surface area contributed by atoms with Gasteiger partial charge in [0.2, 0.25) is 0 Å². The number of nitrogens with zero attached hydrogens (tertiary/aromatic N) is 2. The van der Waals surface area contributed by atoms with Crippen molar-refractivity contribution in [3.63, 3.8) is 0 Å². The van der Waals surface area contributed by atoms with Crippen molar-refractivity contribution in [2.75, 3.05) is 13.7 Å². The summed E-state index contributed by atoms with van der Waals surface area (Å²) in [6.45, 7) is 7.01. The topological polar surface area (TPSA) is 47.3 Å². The van der Waals surface area contributed by atoms with E-state index >= 15 is 0 Å². The van der Waals surface area contributed by atoms with E-state index in [0.717, 1.165) is 0 Å². The van der Waals surface area contributed by atoms with E-state index < -0.39 is 6.10 Å². The molecule has 0 saturated heterocycles. The average Bonchev–Trinajstić information content (AvgIpc) is 2.54. The smallest absolute Gasteiger partial charge is 0.102 e. The lowest BCUT2D eigenvalue weighted by Crippen LogP contribution is -2.22. The highest BCUT2D eigenvalue weighted by molar-refractivity contribution is 6.31. The highest BCUT2D eigenvalue weighted by Crippen LogP contribution is 2.35. The molecule has 0 bridgehead atoms. The fraction of sp³-hybridized carbons (Fsp3) is 0.727. The van der Waals surface area contributed by atoms with Crippen molar-refractivity contribution in [1.82, 2.24) is 9.78 Å². The zero-order chi connectivity index (χ0) is 12.3. The molecule has 1 unspecified atom stereocenters. The minimum Gasteiger partial charge on any atom is -0.386 e. The summed E-state index contributed by atoms with van der Waals surface area (Å²) in [6.07, 6.45) is 0.918. The van der Waals surface area contributed by atoms with Crippen LogP contribution in [0.5, 0.6) is 0 Å². The Kier molecular flexibility index (Phi) is 4.35. The van der Waals surface area contributed by atoms with E-state index in [-0.39, 0.29) is 5.41 Å². The van der Waals surface area contributed by atoms with Crippen LogP contribution < -0.4 is 0 Å². The Balaban J connectivity index is 2.97. The van der Waals surface area contributed by atoms with Crippen LogP contribution in [0.1, 0.15) is 32.6 Å². The van der Waals surface area contributed by atoms with E-state index in [0.29, 0.717) is 23.9 Å².